The van der Waals surface area contributed by atoms with Crippen LogP contribution in [0, 0.1) is 0 Å². The molecule has 0 spiro atoms. The zero-order valence-corrected chi connectivity index (χ0v) is 13.9. The Morgan fingerprint density at radius 1 is 1.08 bits per heavy atom. The average Bonchev–Trinajstić information content (AvgIpc) is 2.86. The molecule has 0 N–H and O–H groups in total. The van der Waals surface area contributed by atoms with Gasteiger partial charge in [-0.1, -0.05) is 30.3 Å². The van der Waals surface area contributed by atoms with Gasteiger partial charge in [0.25, 0.3) is 0 Å². The van der Waals surface area contributed by atoms with Gasteiger partial charge >= 0.3 is 17.8 Å². The number of rotatable bonds is 4. The third-order valence-electron chi connectivity index (χ3n) is 4.41. The van der Waals surface area contributed by atoms with Gasteiger partial charge < -0.3 is 9.64 Å². The highest BCUT2D eigenvalue weighted by atomic mass is 16.5. The summed E-state index contributed by atoms with van der Waals surface area (Å²) in [6, 6.07) is 7.61. The van der Waals surface area contributed by atoms with E-state index in [1.807, 2.05) is 6.07 Å². The number of hydrogen-bond donors (Lipinski definition) is 0. The lowest BCUT2D eigenvalue weighted by Gasteiger charge is -2.28. The van der Waals surface area contributed by atoms with Gasteiger partial charge in [-0.15, -0.1) is 0 Å². The molecule has 0 aliphatic carbocycles. The van der Waals surface area contributed by atoms with Gasteiger partial charge in [0.2, 0.25) is 5.91 Å². The molecule has 1 aromatic carbocycles. The lowest BCUT2D eigenvalue weighted by molar-refractivity contribution is -0.146. The molecular weight excluding hydrogens is 326 g/mol. The van der Waals surface area contributed by atoms with Gasteiger partial charge in [0.15, 0.2) is 0 Å². The summed E-state index contributed by atoms with van der Waals surface area (Å²) in [6.07, 6.45) is 0. The Morgan fingerprint density at radius 3 is 2.36 bits per heavy atom. The Bertz CT molecular complexity index is 699. The predicted molar refractivity (Wildman–Crippen MR) is 86.2 cm³/mol. The quantitative estimate of drug-likeness (QED) is 0.582. The highest BCUT2D eigenvalue weighted by molar-refractivity contribution is 6.45. The Hall–Kier alpha value is -2.74. The Balaban J connectivity index is 1.74. The maximum Gasteiger partial charge on any atom is 0.335 e. The number of ether oxygens (including phenoxy) is 1. The first kappa shape index (κ1) is 17.1. The minimum atomic E-state index is -0.964. The van der Waals surface area contributed by atoms with E-state index in [1.54, 1.807) is 31.2 Å². The number of nitrogens with zero attached hydrogens (tertiary/aromatic N) is 3. The number of carbonyl (C=O) groups excluding carboxylic acids is 4. The predicted octanol–water partition coefficient (Wildman–Crippen LogP) is 0.397. The fourth-order valence-corrected chi connectivity index (χ4v) is 2.93. The van der Waals surface area contributed by atoms with Crippen molar-refractivity contribution in [1.82, 2.24) is 14.7 Å². The summed E-state index contributed by atoms with van der Waals surface area (Å²) in [4.78, 5) is 52.5. The molecule has 8 heteroatoms. The molecule has 2 aliphatic heterocycles. The first-order chi connectivity index (χ1) is 12.0. The second-order valence-corrected chi connectivity index (χ2v) is 5.93. The summed E-state index contributed by atoms with van der Waals surface area (Å²) in [5.74, 6) is -2.24. The maximum absolute atomic E-state index is 12.6. The van der Waals surface area contributed by atoms with E-state index >= 15 is 0 Å². The van der Waals surface area contributed by atoms with Crippen LogP contribution in [-0.4, -0.2) is 71.3 Å². The Kier molecular flexibility index (Phi) is 4.80. The largest absolute Gasteiger partial charge is 0.378 e. The molecule has 0 bridgehead atoms. The van der Waals surface area contributed by atoms with E-state index in [4.69, 9.17) is 4.74 Å². The van der Waals surface area contributed by atoms with E-state index in [9.17, 15) is 19.2 Å². The zero-order valence-electron chi connectivity index (χ0n) is 13.9. The van der Waals surface area contributed by atoms with E-state index in [0.717, 1.165) is 15.4 Å². The second kappa shape index (κ2) is 7.02. The molecule has 2 heterocycles. The van der Waals surface area contributed by atoms with Crippen molar-refractivity contribution in [3.05, 3.63) is 35.9 Å². The molecule has 0 saturated carbocycles. The van der Waals surface area contributed by atoms with E-state index in [-0.39, 0.29) is 5.91 Å². The molecule has 8 nitrogen and oxygen atoms in total. The number of benzene rings is 1. The monoisotopic (exact) mass is 345 g/mol. The minimum Gasteiger partial charge on any atom is -0.378 e. The van der Waals surface area contributed by atoms with Gasteiger partial charge in [0.1, 0.15) is 6.54 Å². The van der Waals surface area contributed by atoms with Crippen molar-refractivity contribution < 1.29 is 23.9 Å². The third kappa shape index (κ3) is 3.25. The number of urea groups is 1. The number of morpholine rings is 1. The molecule has 2 aliphatic rings. The average molecular weight is 345 g/mol. The molecule has 0 radical (unpaired) electrons. The smallest absolute Gasteiger partial charge is 0.335 e. The molecule has 2 saturated heterocycles. The molecule has 132 valence electrons. The molecule has 25 heavy (non-hydrogen) atoms. The van der Waals surface area contributed by atoms with Crippen molar-refractivity contribution in [1.29, 1.82) is 0 Å². The molecular formula is C17H19N3O5. The summed E-state index contributed by atoms with van der Waals surface area (Å²) >= 11 is 0. The van der Waals surface area contributed by atoms with Crippen LogP contribution in [-0.2, 0) is 19.1 Å². The molecule has 3 rings (SSSR count). The van der Waals surface area contributed by atoms with Crippen LogP contribution in [0.25, 0.3) is 0 Å². The van der Waals surface area contributed by atoms with Crippen molar-refractivity contribution in [3.8, 4) is 0 Å². The highest BCUT2D eigenvalue weighted by Gasteiger charge is 2.47. The summed E-state index contributed by atoms with van der Waals surface area (Å²) in [7, 11) is 0. The van der Waals surface area contributed by atoms with Gasteiger partial charge in [0, 0.05) is 13.1 Å². The molecule has 1 atom stereocenters. The topological polar surface area (TPSA) is 87.2 Å². The molecule has 0 aromatic heterocycles. The van der Waals surface area contributed by atoms with Gasteiger partial charge in [-0.25, -0.2) is 14.6 Å². The van der Waals surface area contributed by atoms with Crippen LogP contribution in [0.5, 0.6) is 0 Å². The van der Waals surface area contributed by atoms with Crippen LogP contribution < -0.4 is 0 Å². The minimum absolute atomic E-state index is 0.369. The number of carbonyl (C=O) groups is 4. The van der Waals surface area contributed by atoms with Crippen molar-refractivity contribution >= 4 is 23.8 Å². The van der Waals surface area contributed by atoms with Crippen LogP contribution in [0.1, 0.15) is 18.5 Å². The Labute approximate surface area is 144 Å². The number of amides is 5. The summed E-state index contributed by atoms with van der Waals surface area (Å²) in [5, 5.41) is 0. The first-order valence-corrected chi connectivity index (χ1v) is 8.10. The van der Waals surface area contributed by atoms with Crippen molar-refractivity contribution in [2.24, 2.45) is 0 Å². The lowest BCUT2D eigenvalue weighted by atomic mass is 10.1. The molecule has 1 aromatic rings. The van der Waals surface area contributed by atoms with Crippen LogP contribution in [0.3, 0.4) is 0 Å². The zero-order chi connectivity index (χ0) is 18.0. The molecule has 0 unspecified atom stereocenters. The first-order valence-electron chi connectivity index (χ1n) is 8.10. The van der Waals surface area contributed by atoms with Crippen LogP contribution in [0.4, 0.5) is 4.79 Å². The molecule has 2 fully saturated rings. The Morgan fingerprint density at radius 2 is 1.72 bits per heavy atom. The van der Waals surface area contributed by atoms with E-state index in [0.29, 0.717) is 26.3 Å². The summed E-state index contributed by atoms with van der Waals surface area (Å²) in [6.45, 7) is 2.90. The number of hydrogen-bond acceptors (Lipinski definition) is 5. The highest BCUT2D eigenvalue weighted by Crippen LogP contribution is 2.26. The van der Waals surface area contributed by atoms with Gasteiger partial charge in [0.05, 0.1) is 19.3 Å². The van der Waals surface area contributed by atoms with Gasteiger partial charge in [-0.3, -0.25) is 14.4 Å². The summed E-state index contributed by atoms with van der Waals surface area (Å²) in [5.41, 5.74) is 0.735. The van der Waals surface area contributed by atoms with E-state index < -0.39 is 30.4 Å². The van der Waals surface area contributed by atoms with Gasteiger partial charge in [-0.05, 0) is 12.5 Å². The molecule has 5 amide bonds. The third-order valence-corrected chi connectivity index (χ3v) is 4.41. The van der Waals surface area contributed by atoms with Crippen LogP contribution in [0.2, 0.25) is 0 Å². The fourth-order valence-electron chi connectivity index (χ4n) is 2.93. The van der Waals surface area contributed by atoms with Crippen molar-refractivity contribution in [3.63, 3.8) is 0 Å². The lowest BCUT2D eigenvalue weighted by Crippen LogP contribution is -2.47. The second-order valence-electron chi connectivity index (χ2n) is 5.93. The SMILES string of the molecule is C[C@@H](c1ccccc1)N1C(=O)C(=O)N(CC(=O)N2CCOCC2)C1=O. The summed E-state index contributed by atoms with van der Waals surface area (Å²) < 4.78 is 5.17. The fraction of sp³-hybridized carbons (Fsp3) is 0.412. The van der Waals surface area contributed by atoms with Crippen molar-refractivity contribution in [2.45, 2.75) is 13.0 Å². The normalized spacial score (nSPS) is 19.6. The van der Waals surface area contributed by atoms with Crippen molar-refractivity contribution in [2.75, 3.05) is 32.8 Å². The van der Waals surface area contributed by atoms with Gasteiger partial charge in [-0.2, -0.15) is 0 Å². The van der Waals surface area contributed by atoms with E-state index in [2.05, 4.69) is 0 Å². The standard InChI is InChI=1S/C17H19N3O5/c1-12(13-5-3-2-4-6-13)20-16(23)15(22)19(17(20)24)11-14(21)18-7-9-25-10-8-18/h2-6,12H,7-11H2,1H3/t12-/m0/s1. The van der Waals surface area contributed by atoms with Crippen LogP contribution >= 0.6 is 0 Å². The van der Waals surface area contributed by atoms with Crippen LogP contribution in [0.15, 0.2) is 30.3 Å². The van der Waals surface area contributed by atoms with E-state index in [1.165, 1.54) is 4.90 Å². The number of imide groups is 2. The maximum atomic E-state index is 12.6.